The molecule has 1 aromatic rings. The molecule has 0 aromatic heterocycles. The van der Waals surface area contributed by atoms with Crippen molar-refractivity contribution in [3.63, 3.8) is 0 Å². The van der Waals surface area contributed by atoms with Gasteiger partial charge in [0.05, 0.1) is 11.1 Å². The fourth-order valence-electron chi connectivity index (χ4n) is 1.93. The number of hydrogen-bond acceptors (Lipinski definition) is 4. The van der Waals surface area contributed by atoms with Crippen LogP contribution in [0.2, 0.25) is 5.02 Å². The zero-order valence-electron chi connectivity index (χ0n) is 9.93. The molecule has 2 rings (SSSR count). The Balaban J connectivity index is 2.45. The van der Waals surface area contributed by atoms with Gasteiger partial charge >= 0.3 is 0 Å². The van der Waals surface area contributed by atoms with E-state index in [1.54, 1.807) is 6.92 Å². The number of aliphatic hydroxyl groups is 1. The van der Waals surface area contributed by atoms with E-state index in [2.05, 4.69) is 0 Å². The normalized spacial score (nSPS) is 21.4. The van der Waals surface area contributed by atoms with Crippen molar-refractivity contribution in [3.05, 3.63) is 22.7 Å². The third kappa shape index (κ3) is 2.33. The van der Waals surface area contributed by atoms with Crippen molar-refractivity contribution in [2.24, 2.45) is 0 Å². The minimum absolute atomic E-state index is 0.00127. The molecule has 0 aliphatic carbocycles. The molecule has 1 atom stereocenters. The van der Waals surface area contributed by atoms with E-state index in [0.717, 1.165) is 5.56 Å². The van der Waals surface area contributed by atoms with Crippen LogP contribution in [-0.2, 0) is 10.0 Å². The Hall–Kier alpha value is -0.820. The Morgan fingerprint density at radius 1 is 1.50 bits per heavy atom. The van der Waals surface area contributed by atoms with Crippen LogP contribution in [0, 0.1) is 6.92 Å². The SMILES string of the molecule is Cc1cc(Cl)c(S(=O)(=O)N2CC[C@@H](O)C2)cc1N. The van der Waals surface area contributed by atoms with Gasteiger partial charge in [-0.15, -0.1) is 0 Å². The summed E-state index contributed by atoms with van der Waals surface area (Å²) in [5, 5.41) is 9.57. The quantitative estimate of drug-likeness (QED) is 0.796. The molecule has 1 heterocycles. The molecular formula is C11H15ClN2O3S. The predicted molar refractivity (Wildman–Crippen MR) is 70.0 cm³/mol. The van der Waals surface area contributed by atoms with Crippen molar-refractivity contribution < 1.29 is 13.5 Å². The summed E-state index contributed by atoms with van der Waals surface area (Å²) in [6.45, 7) is 2.16. The van der Waals surface area contributed by atoms with Gasteiger partial charge in [-0.2, -0.15) is 4.31 Å². The van der Waals surface area contributed by atoms with Crippen LogP contribution < -0.4 is 5.73 Å². The fourth-order valence-corrected chi connectivity index (χ4v) is 4.02. The largest absolute Gasteiger partial charge is 0.398 e. The van der Waals surface area contributed by atoms with Crippen molar-refractivity contribution in [1.82, 2.24) is 4.31 Å². The lowest BCUT2D eigenvalue weighted by Crippen LogP contribution is -2.30. The number of aryl methyl sites for hydroxylation is 1. The van der Waals surface area contributed by atoms with Crippen molar-refractivity contribution >= 4 is 27.3 Å². The highest BCUT2D eigenvalue weighted by Gasteiger charge is 2.33. The van der Waals surface area contributed by atoms with Crippen molar-refractivity contribution in [2.75, 3.05) is 18.8 Å². The Morgan fingerprint density at radius 3 is 2.72 bits per heavy atom. The van der Waals surface area contributed by atoms with Crippen molar-refractivity contribution in [2.45, 2.75) is 24.3 Å². The molecule has 0 radical (unpaired) electrons. The van der Waals surface area contributed by atoms with E-state index in [1.807, 2.05) is 0 Å². The summed E-state index contributed by atoms with van der Waals surface area (Å²) in [4.78, 5) is 0.00127. The van der Waals surface area contributed by atoms with Gasteiger partial charge in [-0.25, -0.2) is 8.42 Å². The van der Waals surface area contributed by atoms with E-state index in [0.29, 0.717) is 18.7 Å². The second kappa shape index (κ2) is 4.70. The maximum Gasteiger partial charge on any atom is 0.244 e. The summed E-state index contributed by atoms with van der Waals surface area (Å²) < 4.78 is 25.9. The van der Waals surface area contributed by atoms with Crippen molar-refractivity contribution in [1.29, 1.82) is 0 Å². The maximum atomic E-state index is 12.3. The lowest BCUT2D eigenvalue weighted by Gasteiger charge is -2.17. The van der Waals surface area contributed by atoms with Crippen LogP contribution in [0.5, 0.6) is 0 Å². The van der Waals surface area contributed by atoms with Crippen LogP contribution in [-0.4, -0.2) is 37.0 Å². The standard InChI is InChI=1S/C11H15ClN2O3S/c1-7-4-9(12)11(5-10(7)13)18(16,17)14-3-2-8(15)6-14/h4-5,8,15H,2-3,6,13H2,1H3/t8-/m1/s1. The second-order valence-electron chi connectivity index (χ2n) is 4.44. The molecular weight excluding hydrogens is 276 g/mol. The molecule has 1 saturated heterocycles. The molecule has 1 aliphatic rings. The highest BCUT2D eigenvalue weighted by molar-refractivity contribution is 7.89. The molecule has 0 bridgehead atoms. The second-order valence-corrected chi connectivity index (χ2v) is 6.76. The van der Waals surface area contributed by atoms with Crippen LogP contribution >= 0.6 is 11.6 Å². The van der Waals surface area contributed by atoms with Crippen LogP contribution in [0.15, 0.2) is 17.0 Å². The number of nitrogen functional groups attached to an aromatic ring is 1. The zero-order valence-corrected chi connectivity index (χ0v) is 11.5. The predicted octanol–water partition coefficient (Wildman–Crippen LogP) is 0.986. The first-order chi connectivity index (χ1) is 8.32. The van der Waals surface area contributed by atoms with Gasteiger partial charge < -0.3 is 10.8 Å². The molecule has 5 nitrogen and oxygen atoms in total. The summed E-state index contributed by atoms with van der Waals surface area (Å²) in [6, 6.07) is 2.91. The average Bonchev–Trinajstić information content (AvgIpc) is 2.70. The third-order valence-electron chi connectivity index (χ3n) is 3.06. The fraction of sp³-hybridized carbons (Fsp3) is 0.455. The number of hydrogen-bond donors (Lipinski definition) is 2. The highest BCUT2D eigenvalue weighted by Crippen LogP contribution is 2.30. The molecule has 0 amide bonds. The van der Waals surface area contributed by atoms with Crippen LogP contribution in [0.4, 0.5) is 5.69 Å². The number of sulfonamides is 1. The van der Waals surface area contributed by atoms with Gasteiger partial charge in [-0.05, 0) is 31.0 Å². The minimum atomic E-state index is -3.68. The first-order valence-electron chi connectivity index (χ1n) is 5.56. The summed E-state index contributed by atoms with van der Waals surface area (Å²) in [5.41, 5.74) is 6.84. The van der Waals surface area contributed by atoms with Crippen LogP contribution in [0.1, 0.15) is 12.0 Å². The number of β-amino-alcohol motifs (C(OH)–C–C–N with tert-alkyl or cyclic N) is 1. The Labute approximate surface area is 111 Å². The summed E-state index contributed by atoms with van der Waals surface area (Å²) in [5.74, 6) is 0. The lowest BCUT2D eigenvalue weighted by atomic mass is 10.2. The van der Waals surface area contributed by atoms with Gasteiger partial charge in [-0.3, -0.25) is 0 Å². The van der Waals surface area contributed by atoms with E-state index in [-0.39, 0.29) is 16.5 Å². The van der Waals surface area contributed by atoms with E-state index < -0.39 is 16.1 Å². The number of anilines is 1. The molecule has 1 fully saturated rings. The number of halogens is 1. The van der Waals surface area contributed by atoms with Gasteiger partial charge in [-0.1, -0.05) is 11.6 Å². The van der Waals surface area contributed by atoms with E-state index >= 15 is 0 Å². The molecule has 18 heavy (non-hydrogen) atoms. The van der Waals surface area contributed by atoms with Gasteiger partial charge in [0.15, 0.2) is 0 Å². The molecule has 3 N–H and O–H groups in total. The maximum absolute atomic E-state index is 12.3. The Morgan fingerprint density at radius 2 is 2.17 bits per heavy atom. The van der Waals surface area contributed by atoms with Crippen molar-refractivity contribution in [3.8, 4) is 0 Å². The molecule has 0 spiro atoms. The van der Waals surface area contributed by atoms with Gasteiger partial charge in [0.1, 0.15) is 4.90 Å². The van der Waals surface area contributed by atoms with E-state index in [9.17, 15) is 13.5 Å². The zero-order chi connectivity index (χ0) is 13.5. The smallest absolute Gasteiger partial charge is 0.244 e. The monoisotopic (exact) mass is 290 g/mol. The molecule has 7 heteroatoms. The highest BCUT2D eigenvalue weighted by atomic mass is 35.5. The first kappa shape index (κ1) is 13.6. The van der Waals surface area contributed by atoms with E-state index in [4.69, 9.17) is 17.3 Å². The molecule has 100 valence electrons. The number of nitrogens with two attached hydrogens (primary N) is 1. The minimum Gasteiger partial charge on any atom is -0.398 e. The summed E-state index contributed by atoms with van der Waals surface area (Å²) in [6.07, 6.45) is -0.167. The molecule has 1 aliphatic heterocycles. The average molecular weight is 291 g/mol. The Kier molecular flexibility index (Phi) is 3.55. The van der Waals surface area contributed by atoms with Crippen LogP contribution in [0.25, 0.3) is 0 Å². The lowest BCUT2D eigenvalue weighted by molar-refractivity contribution is 0.189. The molecule has 0 saturated carbocycles. The van der Waals surface area contributed by atoms with Gasteiger partial charge in [0, 0.05) is 18.8 Å². The number of nitrogens with zero attached hydrogens (tertiary/aromatic N) is 1. The first-order valence-corrected chi connectivity index (χ1v) is 7.38. The third-order valence-corrected chi connectivity index (χ3v) is 5.39. The summed E-state index contributed by atoms with van der Waals surface area (Å²) in [7, 11) is -3.68. The van der Waals surface area contributed by atoms with Gasteiger partial charge in [0.2, 0.25) is 10.0 Å². The number of rotatable bonds is 2. The topological polar surface area (TPSA) is 83.6 Å². The molecule has 1 aromatic carbocycles. The Bertz CT molecular complexity index is 574. The van der Waals surface area contributed by atoms with Crippen LogP contribution in [0.3, 0.4) is 0 Å². The summed E-state index contributed by atoms with van der Waals surface area (Å²) >= 11 is 5.98. The molecule has 0 unspecified atom stereocenters. The van der Waals surface area contributed by atoms with E-state index in [1.165, 1.54) is 16.4 Å². The van der Waals surface area contributed by atoms with Gasteiger partial charge in [0.25, 0.3) is 0 Å². The number of aliphatic hydroxyl groups excluding tert-OH is 1. The number of benzene rings is 1.